The Balaban J connectivity index is 2.24. The van der Waals surface area contributed by atoms with Gasteiger partial charge in [-0.15, -0.1) is 0 Å². The minimum atomic E-state index is -3.28. The first-order chi connectivity index (χ1) is 7.97. The van der Waals surface area contributed by atoms with Crippen molar-refractivity contribution in [1.82, 2.24) is 0 Å². The summed E-state index contributed by atoms with van der Waals surface area (Å²) in [6.45, 7) is 0. The van der Waals surface area contributed by atoms with E-state index >= 15 is 0 Å². The van der Waals surface area contributed by atoms with Gasteiger partial charge in [-0.2, -0.15) is 5.26 Å². The van der Waals surface area contributed by atoms with Gasteiger partial charge in [0.1, 0.15) is 0 Å². The van der Waals surface area contributed by atoms with Crippen molar-refractivity contribution in [2.75, 3.05) is 5.75 Å². The number of nitrogens with zero attached hydrogens (tertiary/aromatic N) is 1. The van der Waals surface area contributed by atoms with Gasteiger partial charge in [0.15, 0.2) is 9.84 Å². The summed E-state index contributed by atoms with van der Waals surface area (Å²) in [5.74, 6) is 0.0873. The third-order valence-corrected chi connectivity index (χ3v) is 5.52. The van der Waals surface area contributed by atoms with Gasteiger partial charge in [0.25, 0.3) is 0 Å². The molecule has 1 aromatic carbocycles. The maximum absolute atomic E-state index is 12.2. The van der Waals surface area contributed by atoms with Crippen LogP contribution in [0.25, 0.3) is 0 Å². The highest BCUT2D eigenvalue weighted by Crippen LogP contribution is 2.50. The topological polar surface area (TPSA) is 57.9 Å². The standard InChI is InChI=1S/C12H12BrNO2S/c13-10-2-1-3-11(8-10)17(15,16)9-12(4-5-12)6-7-14/h1-3,8H,4-6,9H2. The van der Waals surface area contributed by atoms with Crippen LogP contribution in [0.5, 0.6) is 0 Å². The third kappa shape index (κ3) is 2.88. The Morgan fingerprint density at radius 2 is 2.12 bits per heavy atom. The number of sulfone groups is 1. The van der Waals surface area contributed by atoms with Crippen LogP contribution in [0.2, 0.25) is 0 Å². The normalized spacial score (nSPS) is 17.4. The number of hydrogen-bond donors (Lipinski definition) is 0. The largest absolute Gasteiger partial charge is 0.224 e. The predicted molar refractivity (Wildman–Crippen MR) is 68.1 cm³/mol. The third-order valence-electron chi connectivity index (χ3n) is 3.06. The van der Waals surface area contributed by atoms with Crippen molar-refractivity contribution >= 4 is 25.8 Å². The van der Waals surface area contributed by atoms with Gasteiger partial charge in [0, 0.05) is 10.9 Å². The highest BCUT2D eigenvalue weighted by Gasteiger charge is 2.46. The quantitative estimate of drug-likeness (QED) is 0.858. The van der Waals surface area contributed by atoms with Crippen molar-refractivity contribution in [3.63, 3.8) is 0 Å². The fraction of sp³-hybridized carbons (Fsp3) is 0.417. The lowest BCUT2D eigenvalue weighted by Gasteiger charge is -2.11. The van der Waals surface area contributed by atoms with E-state index in [0.717, 1.165) is 17.3 Å². The van der Waals surface area contributed by atoms with Gasteiger partial charge in [0.2, 0.25) is 0 Å². The summed E-state index contributed by atoms with van der Waals surface area (Å²) in [6.07, 6.45) is 2.02. The van der Waals surface area contributed by atoms with Gasteiger partial charge in [-0.05, 0) is 36.5 Å². The zero-order chi connectivity index (χ0) is 12.5. The molecule has 0 N–H and O–H groups in total. The Kier molecular flexibility index (Phi) is 3.28. The molecule has 90 valence electrons. The number of rotatable bonds is 4. The molecule has 0 unspecified atom stereocenters. The molecule has 0 bridgehead atoms. The maximum Gasteiger partial charge on any atom is 0.178 e. The number of nitriles is 1. The van der Waals surface area contributed by atoms with E-state index in [9.17, 15) is 8.42 Å². The summed E-state index contributed by atoms with van der Waals surface area (Å²) in [6, 6.07) is 8.79. The lowest BCUT2D eigenvalue weighted by atomic mass is 10.1. The second-order valence-corrected chi connectivity index (χ2v) is 7.46. The van der Waals surface area contributed by atoms with Crippen LogP contribution in [-0.4, -0.2) is 14.2 Å². The summed E-state index contributed by atoms with van der Waals surface area (Å²) in [5, 5.41) is 8.70. The van der Waals surface area contributed by atoms with E-state index in [0.29, 0.717) is 11.3 Å². The van der Waals surface area contributed by atoms with Crippen LogP contribution in [0.15, 0.2) is 33.6 Å². The molecule has 0 saturated heterocycles. The van der Waals surface area contributed by atoms with Gasteiger partial charge in [0.05, 0.1) is 16.7 Å². The Labute approximate surface area is 110 Å². The second-order valence-electron chi connectivity index (χ2n) is 4.55. The molecule has 1 aliphatic rings. The molecule has 2 rings (SSSR count). The molecule has 0 radical (unpaired) electrons. The molecule has 1 aliphatic carbocycles. The SMILES string of the molecule is N#CCC1(CS(=O)(=O)c2cccc(Br)c2)CC1. The van der Waals surface area contributed by atoms with Crippen LogP contribution in [0.3, 0.4) is 0 Å². The van der Waals surface area contributed by atoms with E-state index in [-0.39, 0.29) is 11.2 Å². The van der Waals surface area contributed by atoms with E-state index in [4.69, 9.17) is 5.26 Å². The minimum Gasteiger partial charge on any atom is -0.224 e. The van der Waals surface area contributed by atoms with E-state index in [2.05, 4.69) is 22.0 Å². The lowest BCUT2D eigenvalue weighted by Crippen LogP contribution is -2.17. The molecule has 0 spiro atoms. The van der Waals surface area contributed by atoms with Crippen LogP contribution in [-0.2, 0) is 9.84 Å². The van der Waals surface area contributed by atoms with E-state index in [1.165, 1.54) is 0 Å². The minimum absolute atomic E-state index is 0.0873. The zero-order valence-corrected chi connectivity index (χ0v) is 11.6. The van der Waals surface area contributed by atoms with Crippen molar-refractivity contribution in [2.24, 2.45) is 5.41 Å². The first-order valence-electron chi connectivity index (χ1n) is 5.33. The smallest absolute Gasteiger partial charge is 0.178 e. The summed E-state index contributed by atoms with van der Waals surface area (Å²) in [5.41, 5.74) is -0.282. The second kappa shape index (κ2) is 4.43. The Morgan fingerprint density at radius 1 is 1.41 bits per heavy atom. The van der Waals surface area contributed by atoms with Gasteiger partial charge in [-0.1, -0.05) is 22.0 Å². The molecule has 17 heavy (non-hydrogen) atoms. The highest BCUT2D eigenvalue weighted by atomic mass is 79.9. The van der Waals surface area contributed by atoms with E-state index in [1.54, 1.807) is 24.3 Å². The number of halogens is 1. The van der Waals surface area contributed by atoms with Gasteiger partial charge < -0.3 is 0 Å². The average Bonchev–Trinajstić information content (AvgIpc) is 2.97. The van der Waals surface area contributed by atoms with Gasteiger partial charge >= 0.3 is 0 Å². The van der Waals surface area contributed by atoms with Crippen LogP contribution < -0.4 is 0 Å². The fourth-order valence-electron chi connectivity index (χ4n) is 1.86. The highest BCUT2D eigenvalue weighted by molar-refractivity contribution is 9.10. The van der Waals surface area contributed by atoms with Crippen molar-refractivity contribution < 1.29 is 8.42 Å². The first kappa shape index (κ1) is 12.6. The monoisotopic (exact) mass is 313 g/mol. The summed E-state index contributed by atoms with van der Waals surface area (Å²) < 4.78 is 25.1. The molecule has 0 aromatic heterocycles. The van der Waals surface area contributed by atoms with Crippen molar-refractivity contribution in [3.05, 3.63) is 28.7 Å². The molecular weight excluding hydrogens is 302 g/mol. The van der Waals surface area contributed by atoms with Crippen LogP contribution in [0.4, 0.5) is 0 Å². The molecule has 1 saturated carbocycles. The zero-order valence-electron chi connectivity index (χ0n) is 9.19. The Bertz CT molecular complexity index is 570. The van der Waals surface area contributed by atoms with Crippen LogP contribution in [0, 0.1) is 16.7 Å². The molecule has 1 aromatic rings. The Morgan fingerprint density at radius 3 is 2.65 bits per heavy atom. The van der Waals surface area contributed by atoms with E-state index in [1.807, 2.05) is 0 Å². The Hall–Kier alpha value is -0.860. The predicted octanol–water partition coefficient (Wildman–Crippen LogP) is 2.92. The molecular formula is C12H12BrNO2S. The number of benzene rings is 1. The van der Waals surface area contributed by atoms with Crippen LogP contribution in [0.1, 0.15) is 19.3 Å². The van der Waals surface area contributed by atoms with Crippen molar-refractivity contribution in [1.29, 1.82) is 5.26 Å². The summed E-state index contributed by atoms with van der Waals surface area (Å²) >= 11 is 3.26. The van der Waals surface area contributed by atoms with Crippen molar-refractivity contribution in [2.45, 2.75) is 24.2 Å². The summed E-state index contributed by atoms with van der Waals surface area (Å²) in [4.78, 5) is 0.330. The van der Waals surface area contributed by atoms with Gasteiger partial charge in [-0.3, -0.25) is 0 Å². The average molecular weight is 314 g/mol. The molecule has 0 aliphatic heterocycles. The first-order valence-corrected chi connectivity index (χ1v) is 7.77. The lowest BCUT2D eigenvalue weighted by molar-refractivity contribution is 0.548. The molecule has 3 nitrogen and oxygen atoms in total. The molecule has 0 atom stereocenters. The molecule has 0 amide bonds. The molecule has 5 heteroatoms. The van der Waals surface area contributed by atoms with Gasteiger partial charge in [-0.25, -0.2) is 8.42 Å². The van der Waals surface area contributed by atoms with E-state index < -0.39 is 9.84 Å². The van der Waals surface area contributed by atoms with Crippen molar-refractivity contribution in [3.8, 4) is 6.07 Å². The number of hydrogen-bond acceptors (Lipinski definition) is 3. The fourth-order valence-corrected chi connectivity index (χ4v) is 4.37. The molecule has 1 fully saturated rings. The van der Waals surface area contributed by atoms with Crippen LogP contribution >= 0.6 is 15.9 Å². The summed E-state index contributed by atoms with van der Waals surface area (Å²) in [7, 11) is -3.28. The maximum atomic E-state index is 12.2. The molecule has 0 heterocycles.